The molecule has 11 heteroatoms. The molecule has 0 bridgehead atoms. The number of benzene rings is 1. The molecule has 3 rings (SSSR count). The summed E-state index contributed by atoms with van der Waals surface area (Å²) in [5.74, 6) is -1.20. The molecule has 0 aliphatic heterocycles. The van der Waals surface area contributed by atoms with Crippen LogP contribution in [-0.2, 0) is 0 Å². The third-order valence-electron chi connectivity index (χ3n) is 3.44. The predicted molar refractivity (Wildman–Crippen MR) is 107 cm³/mol. The third kappa shape index (κ3) is 3.93. The van der Waals surface area contributed by atoms with Gasteiger partial charge in [0.1, 0.15) is 10.3 Å². The fourth-order valence-corrected chi connectivity index (χ4v) is 3.33. The third-order valence-corrected chi connectivity index (χ3v) is 4.75. The number of carbonyl (C=O) groups excluding carboxylic acids is 2. The fraction of sp³-hybridized carbons (Fsp3) is 0. The Bertz CT molecular complexity index is 1070. The highest BCUT2D eigenvalue weighted by atomic mass is 79.9. The molecule has 27 heavy (non-hydrogen) atoms. The Morgan fingerprint density at radius 3 is 2.48 bits per heavy atom. The molecule has 3 N–H and O–H groups in total. The molecule has 0 aliphatic carbocycles. The monoisotopic (exact) mass is 487 g/mol. The van der Waals surface area contributed by atoms with E-state index in [2.05, 4.69) is 31.3 Å². The lowest BCUT2D eigenvalue weighted by Gasteiger charge is -2.13. The number of aromatic nitrogens is 3. The van der Waals surface area contributed by atoms with Crippen molar-refractivity contribution >= 4 is 68.2 Å². The Labute approximate surface area is 176 Å². The van der Waals surface area contributed by atoms with Gasteiger partial charge in [0.05, 0.1) is 26.3 Å². The molecule has 1 aromatic carbocycles. The fourth-order valence-electron chi connectivity index (χ4n) is 2.30. The molecule has 0 aliphatic rings. The number of hydrogen-bond acceptors (Lipinski definition) is 4. The predicted octanol–water partition coefficient (Wildman–Crippen LogP) is 4.34. The van der Waals surface area contributed by atoms with Crippen molar-refractivity contribution in [1.29, 1.82) is 0 Å². The molecule has 0 fully saturated rings. The second-order valence-electron chi connectivity index (χ2n) is 5.17. The van der Waals surface area contributed by atoms with Crippen molar-refractivity contribution in [3.63, 3.8) is 0 Å². The molecular weight excluding hydrogens is 480 g/mol. The molecule has 7 nitrogen and oxygen atoms in total. The van der Waals surface area contributed by atoms with Crippen molar-refractivity contribution in [3.05, 3.63) is 67.5 Å². The van der Waals surface area contributed by atoms with Gasteiger partial charge in [0.15, 0.2) is 5.82 Å². The Kier molecular flexibility index (Phi) is 5.71. The Hall–Kier alpha value is -2.13. The summed E-state index contributed by atoms with van der Waals surface area (Å²) >= 11 is 21.5. The smallest absolute Gasteiger partial charge is 0.274 e. The van der Waals surface area contributed by atoms with Gasteiger partial charge in [-0.1, -0.05) is 34.8 Å². The van der Waals surface area contributed by atoms with Crippen molar-refractivity contribution in [2.45, 2.75) is 0 Å². The van der Waals surface area contributed by atoms with Crippen LogP contribution in [0, 0.1) is 0 Å². The van der Waals surface area contributed by atoms with E-state index in [9.17, 15) is 9.59 Å². The van der Waals surface area contributed by atoms with Crippen molar-refractivity contribution in [2.75, 3.05) is 5.32 Å². The number of anilines is 1. The zero-order chi connectivity index (χ0) is 19.7. The minimum atomic E-state index is -0.833. The molecule has 0 saturated carbocycles. The maximum absolute atomic E-state index is 12.9. The van der Waals surface area contributed by atoms with Gasteiger partial charge in [0.25, 0.3) is 11.8 Å². The van der Waals surface area contributed by atoms with Crippen LogP contribution in [0.4, 0.5) is 5.69 Å². The summed E-state index contributed by atoms with van der Waals surface area (Å²) in [4.78, 5) is 28.7. The number of nitrogens with zero attached hydrogens (tertiary/aromatic N) is 3. The minimum absolute atomic E-state index is 0.00217. The van der Waals surface area contributed by atoms with Crippen LogP contribution in [0.2, 0.25) is 15.1 Å². The van der Waals surface area contributed by atoms with Gasteiger partial charge < -0.3 is 11.1 Å². The summed E-state index contributed by atoms with van der Waals surface area (Å²) in [5, 5.41) is 7.18. The van der Waals surface area contributed by atoms with Crippen molar-refractivity contribution in [3.8, 4) is 5.82 Å². The van der Waals surface area contributed by atoms with Crippen molar-refractivity contribution in [2.24, 2.45) is 5.73 Å². The van der Waals surface area contributed by atoms with E-state index in [-0.39, 0.29) is 32.8 Å². The van der Waals surface area contributed by atoms with E-state index in [1.54, 1.807) is 12.1 Å². The molecule has 138 valence electrons. The lowest BCUT2D eigenvalue weighted by molar-refractivity contribution is 0.100. The number of nitrogens with two attached hydrogens (primary N) is 1. The second-order valence-corrected chi connectivity index (χ2v) is 7.20. The van der Waals surface area contributed by atoms with Crippen LogP contribution in [0.5, 0.6) is 0 Å². The lowest BCUT2D eigenvalue weighted by atomic mass is 10.1. The Balaban J connectivity index is 2.07. The summed E-state index contributed by atoms with van der Waals surface area (Å²) in [6.45, 7) is 0. The van der Waals surface area contributed by atoms with E-state index in [1.807, 2.05) is 0 Å². The number of pyridine rings is 1. The first-order chi connectivity index (χ1) is 12.8. The SMILES string of the molecule is NC(=O)c1c(Cl)ccc(Cl)c1NC(=O)c1cc(Br)nn1-c1ncccc1Cl. The van der Waals surface area contributed by atoms with Crippen LogP contribution in [0.1, 0.15) is 20.8 Å². The van der Waals surface area contributed by atoms with Crippen LogP contribution >= 0.6 is 50.7 Å². The average Bonchev–Trinajstić information content (AvgIpc) is 3.00. The van der Waals surface area contributed by atoms with E-state index < -0.39 is 11.8 Å². The van der Waals surface area contributed by atoms with E-state index in [1.165, 1.54) is 29.1 Å². The van der Waals surface area contributed by atoms with Gasteiger partial charge in [0.2, 0.25) is 0 Å². The van der Waals surface area contributed by atoms with Gasteiger partial charge in [-0.3, -0.25) is 9.59 Å². The molecule has 2 amide bonds. The molecule has 0 spiro atoms. The van der Waals surface area contributed by atoms with Gasteiger partial charge in [-0.25, -0.2) is 9.67 Å². The molecule has 0 unspecified atom stereocenters. The van der Waals surface area contributed by atoms with Crippen molar-refractivity contribution in [1.82, 2.24) is 14.8 Å². The highest BCUT2D eigenvalue weighted by Gasteiger charge is 2.23. The maximum Gasteiger partial charge on any atom is 0.274 e. The first-order valence-electron chi connectivity index (χ1n) is 7.25. The summed E-state index contributed by atoms with van der Waals surface area (Å²) in [7, 11) is 0. The molecule has 0 saturated heterocycles. The summed E-state index contributed by atoms with van der Waals surface area (Å²) in [6, 6.07) is 7.57. The number of primary amides is 1. The number of nitrogens with one attached hydrogen (secondary N) is 1. The number of hydrogen-bond donors (Lipinski definition) is 2. The van der Waals surface area contributed by atoms with Gasteiger partial charge in [-0.2, -0.15) is 5.10 Å². The molecular formula is C16H9BrCl3N5O2. The first kappa shape index (κ1) is 19.6. The van der Waals surface area contributed by atoms with E-state index in [4.69, 9.17) is 40.5 Å². The molecule has 2 aromatic heterocycles. The van der Waals surface area contributed by atoms with Crippen molar-refractivity contribution < 1.29 is 9.59 Å². The quantitative estimate of drug-likeness (QED) is 0.569. The van der Waals surface area contributed by atoms with Gasteiger partial charge in [-0.15, -0.1) is 0 Å². The van der Waals surface area contributed by atoms with Gasteiger partial charge in [0, 0.05) is 12.3 Å². The average molecular weight is 490 g/mol. The standard InChI is InChI=1S/C16H9BrCl3N5O2/c17-11-6-10(25(24-11)15-9(20)2-1-5-22-15)16(27)23-13-8(19)4-3-7(18)12(13)14(21)26/h1-6H,(H2,21,26)(H,23,27). The molecule has 0 radical (unpaired) electrons. The van der Waals surface area contributed by atoms with Crippen LogP contribution < -0.4 is 11.1 Å². The number of amides is 2. The topological polar surface area (TPSA) is 103 Å². The lowest BCUT2D eigenvalue weighted by Crippen LogP contribution is -2.21. The zero-order valence-corrected chi connectivity index (χ0v) is 17.1. The van der Waals surface area contributed by atoms with Crippen LogP contribution in [0.25, 0.3) is 5.82 Å². The van der Waals surface area contributed by atoms with Gasteiger partial charge >= 0.3 is 0 Å². The normalized spacial score (nSPS) is 10.7. The van der Waals surface area contributed by atoms with E-state index >= 15 is 0 Å². The van der Waals surface area contributed by atoms with Gasteiger partial charge in [-0.05, 0) is 40.2 Å². The molecule has 2 heterocycles. The number of carbonyl (C=O) groups is 2. The summed E-state index contributed by atoms with van der Waals surface area (Å²) in [5.41, 5.74) is 5.35. The molecule has 0 atom stereocenters. The maximum atomic E-state index is 12.9. The van der Waals surface area contributed by atoms with Crippen LogP contribution in [-0.4, -0.2) is 26.6 Å². The van der Waals surface area contributed by atoms with E-state index in [0.29, 0.717) is 9.63 Å². The second kappa shape index (κ2) is 7.85. The first-order valence-corrected chi connectivity index (χ1v) is 9.18. The Morgan fingerprint density at radius 1 is 1.11 bits per heavy atom. The molecule has 3 aromatic rings. The number of rotatable bonds is 4. The Morgan fingerprint density at radius 2 is 1.81 bits per heavy atom. The highest BCUT2D eigenvalue weighted by molar-refractivity contribution is 9.10. The summed E-state index contributed by atoms with van der Waals surface area (Å²) in [6.07, 6.45) is 1.51. The minimum Gasteiger partial charge on any atom is -0.365 e. The summed E-state index contributed by atoms with van der Waals surface area (Å²) < 4.78 is 1.63. The largest absolute Gasteiger partial charge is 0.365 e. The highest BCUT2D eigenvalue weighted by Crippen LogP contribution is 2.32. The zero-order valence-electron chi connectivity index (χ0n) is 13.2. The van der Waals surface area contributed by atoms with Crippen LogP contribution in [0.3, 0.4) is 0 Å². The number of halogens is 4. The van der Waals surface area contributed by atoms with E-state index in [0.717, 1.165) is 0 Å². The van der Waals surface area contributed by atoms with Crippen LogP contribution in [0.15, 0.2) is 41.1 Å².